The number of hydrogen-bond acceptors (Lipinski definition) is 8. The number of carbonyl (C=O) groups is 2. The lowest BCUT2D eigenvalue weighted by Crippen LogP contribution is -2.46. The lowest BCUT2D eigenvalue weighted by atomic mass is 9.84. The molecular formula is C49H55ClN4O6. The van der Waals surface area contributed by atoms with Crippen molar-refractivity contribution in [1.29, 1.82) is 0 Å². The van der Waals surface area contributed by atoms with Crippen LogP contribution in [-0.4, -0.2) is 52.7 Å². The number of halogens is 1. The summed E-state index contributed by atoms with van der Waals surface area (Å²) in [4.78, 5) is 27.5. The normalized spacial score (nSPS) is 19.1. The second-order valence-electron chi connectivity index (χ2n) is 15.9. The van der Waals surface area contributed by atoms with Gasteiger partial charge in [0, 0.05) is 56.0 Å². The van der Waals surface area contributed by atoms with E-state index in [0.29, 0.717) is 74.4 Å². The van der Waals surface area contributed by atoms with Gasteiger partial charge in [0.05, 0.1) is 35.8 Å². The van der Waals surface area contributed by atoms with Crippen LogP contribution < -0.4 is 16.4 Å². The third-order valence-electron chi connectivity index (χ3n) is 11.7. The zero-order valence-electron chi connectivity index (χ0n) is 33.9. The van der Waals surface area contributed by atoms with Crippen LogP contribution >= 0.6 is 11.6 Å². The Morgan fingerprint density at radius 2 is 1.45 bits per heavy atom. The van der Waals surface area contributed by atoms with Crippen LogP contribution in [0.15, 0.2) is 121 Å². The van der Waals surface area contributed by atoms with Crippen LogP contribution in [0.3, 0.4) is 0 Å². The molecule has 2 heterocycles. The van der Waals surface area contributed by atoms with E-state index in [1.807, 2.05) is 91.0 Å². The van der Waals surface area contributed by atoms with Crippen molar-refractivity contribution in [2.24, 2.45) is 0 Å². The lowest BCUT2D eigenvalue weighted by Gasteiger charge is -2.42. The van der Waals surface area contributed by atoms with Crippen molar-refractivity contribution in [1.82, 2.24) is 10.2 Å². The second-order valence-corrected chi connectivity index (χ2v) is 16.4. The molecule has 2 saturated heterocycles. The first-order chi connectivity index (χ1) is 29.2. The summed E-state index contributed by atoms with van der Waals surface area (Å²) < 4.78 is 13.3. The number of unbranched alkanes of at least 4 members (excludes halogenated alkanes) is 2. The van der Waals surface area contributed by atoms with E-state index in [0.717, 1.165) is 58.5 Å². The van der Waals surface area contributed by atoms with E-state index in [1.54, 1.807) is 12.1 Å². The number of anilines is 2. The van der Waals surface area contributed by atoms with E-state index in [-0.39, 0.29) is 30.6 Å². The van der Waals surface area contributed by atoms with E-state index in [1.165, 1.54) is 0 Å². The predicted octanol–water partition coefficient (Wildman–Crippen LogP) is 8.82. The van der Waals surface area contributed by atoms with E-state index < -0.39 is 11.9 Å². The molecule has 10 nitrogen and oxygen atoms in total. The molecule has 2 amide bonds. The number of carbonyl (C=O) groups excluding carboxylic acids is 2. The maximum Gasteiger partial charge on any atom is 0.224 e. The van der Waals surface area contributed by atoms with Crippen molar-refractivity contribution < 1.29 is 29.3 Å². The first kappa shape index (κ1) is 43.0. The number of hydrogen-bond donors (Lipinski definition) is 5. The van der Waals surface area contributed by atoms with Gasteiger partial charge in [-0.25, -0.2) is 0 Å². The van der Waals surface area contributed by atoms with Crippen LogP contribution in [0.4, 0.5) is 11.4 Å². The molecule has 0 radical (unpaired) electrons. The Balaban J connectivity index is 0.939. The Kier molecular flexibility index (Phi) is 14.7. The maximum absolute atomic E-state index is 12.8. The van der Waals surface area contributed by atoms with Crippen LogP contribution in [0.2, 0.25) is 5.02 Å². The van der Waals surface area contributed by atoms with E-state index in [2.05, 4.69) is 33.7 Å². The summed E-state index contributed by atoms with van der Waals surface area (Å²) in [5.74, 6) is -0.107. The smallest absolute Gasteiger partial charge is 0.224 e. The molecule has 0 unspecified atom stereocenters. The van der Waals surface area contributed by atoms with Gasteiger partial charge in [0.1, 0.15) is 0 Å². The van der Waals surface area contributed by atoms with E-state index >= 15 is 0 Å². The van der Waals surface area contributed by atoms with Crippen LogP contribution in [0.1, 0.15) is 91.6 Å². The molecule has 0 aliphatic carbocycles. The summed E-state index contributed by atoms with van der Waals surface area (Å²) in [6.45, 7) is 2.57. The average molecular weight is 831 g/mol. The number of likely N-dealkylation sites (tertiary alicyclic amines) is 1. The molecule has 3 atom stereocenters. The van der Waals surface area contributed by atoms with Gasteiger partial charge in [0.2, 0.25) is 11.8 Å². The number of amides is 2. The molecular weight excluding hydrogens is 776 g/mol. The minimum atomic E-state index is -0.884. The number of piperidine rings is 1. The average Bonchev–Trinajstić information content (AvgIpc) is 3.27. The number of para-hydroxylation sites is 2. The van der Waals surface area contributed by atoms with Gasteiger partial charge in [-0.1, -0.05) is 115 Å². The highest BCUT2D eigenvalue weighted by atomic mass is 35.5. The molecule has 2 aliphatic rings. The Morgan fingerprint density at radius 1 is 0.783 bits per heavy atom. The van der Waals surface area contributed by atoms with Gasteiger partial charge >= 0.3 is 0 Å². The molecule has 2 aliphatic heterocycles. The molecule has 314 valence electrons. The fourth-order valence-electron chi connectivity index (χ4n) is 8.10. The standard InChI is InChI=1S/C49H55ClN4O6/c50-40-24-22-39(23-25-40)49(58)26-28-54(29-27-49)32-41-30-45(36-16-14-34(33-55)15-17-36)60-48(59-41)37-20-18-35(19-21-37)42-9-5-4-8-38(42)31-52-46(56)12-2-1-3-13-47(57)53-44-11-7-6-10-43(44)51/h4-11,14-25,41,45,48,55,58H,1-3,12-13,26-33,51H2,(H,52,56)(H,53,57)/t41-,45+,48+/m1/s1. The molecule has 6 N–H and O–H groups in total. The highest BCUT2D eigenvalue weighted by Gasteiger charge is 2.37. The number of nitrogens with zero attached hydrogens (tertiary/aromatic N) is 1. The summed E-state index contributed by atoms with van der Waals surface area (Å²) in [5, 5.41) is 27.7. The van der Waals surface area contributed by atoms with E-state index in [9.17, 15) is 19.8 Å². The van der Waals surface area contributed by atoms with Gasteiger partial charge in [0.15, 0.2) is 6.29 Å². The number of benzene rings is 5. The summed E-state index contributed by atoms with van der Waals surface area (Å²) in [7, 11) is 0. The zero-order valence-corrected chi connectivity index (χ0v) is 34.7. The Labute approximate surface area is 357 Å². The van der Waals surface area contributed by atoms with Gasteiger partial charge in [-0.2, -0.15) is 0 Å². The SMILES string of the molecule is Nc1ccccc1NC(=O)CCCCCC(=O)NCc1ccccc1-c1ccc([C@H]2O[C@@H](CN3CCC(O)(c4ccc(Cl)cc4)CC3)C[C@@H](c3ccc(CO)cc3)O2)cc1. The Bertz CT molecular complexity index is 2170. The molecule has 11 heteroatoms. The predicted molar refractivity (Wildman–Crippen MR) is 236 cm³/mol. The minimum Gasteiger partial charge on any atom is -0.397 e. The molecule has 2 fully saturated rings. The van der Waals surface area contributed by atoms with Gasteiger partial charge in [0.25, 0.3) is 0 Å². The molecule has 5 aromatic rings. The number of aliphatic hydroxyl groups is 2. The highest BCUT2D eigenvalue weighted by Crippen LogP contribution is 2.40. The summed E-state index contributed by atoms with van der Waals surface area (Å²) in [6, 6.07) is 38.9. The topological polar surface area (TPSA) is 146 Å². The van der Waals surface area contributed by atoms with Crippen molar-refractivity contribution >= 4 is 34.8 Å². The third-order valence-corrected chi connectivity index (χ3v) is 11.9. The Morgan fingerprint density at radius 3 is 2.17 bits per heavy atom. The van der Waals surface area contributed by atoms with Crippen LogP contribution in [0, 0.1) is 0 Å². The summed E-state index contributed by atoms with van der Waals surface area (Å²) in [5.41, 5.74) is 12.9. The monoisotopic (exact) mass is 830 g/mol. The number of nitrogen functional groups attached to an aromatic ring is 1. The number of aliphatic hydroxyl groups excluding tert-OH is 1. The zero-order chi connectivity index (χ0) is 41.9. The molecule has 0 saturated carbocycles. The molecule has 0 spiro atoms. The first-order valence-corrected chi connectivity index (χ1v) is 21.3. The largest absolute Gasteiger partial charge is 0.397 e. The first-order valence-electron chi connectivity index (χ1n) is 21.0. The highest BCUT2D eigenvalue weighted by molar-refractivity contribution is 6.30. The molecule has 0 aromatic heterocycles. The van der Waals surface area contributed by atoms with Crippen molar-refractivity contribution in [3.8, 4) is 11.1 Å². The number of nitrogens with one attached hydrogen (secondary N) is 2. The van der Waals surface area contributed by atoms with Gasteiger partial charge < -0.3 is 41.0 Å². The fourth-order valence-corrected chi connectivity index (χ4v) is 8.23. The van der Waals surface area contributed by atoms with Crippen molar-refractivity contribution in [3.63, 3.8) is 0 Å². The molecule has 0 bridgehead atoms. The van der Waals surface area contributed by atoms with Gasteiger partial charge in [-0.15, -0.1) is 0 Å². The van der Waals surface area contributed by atoms with Crippen molar-refractivity contribution in [2.75, 3.05) is 30.7 Å². The third kappa shape index (κ3) is 11.4. The second kappa shape index (κ2) is 20.5. The van der Waals surface area contributed by atoms with Crippen LogP contribution in [-0.2, 0) is 37.8 Å². The quantitative estimate of drug-likeness (QED) is 0.0490. The molecule has 5 aromatic carbocycles. The lowest BCUT2D eigenvalue weighted by molar-refractivity contribution is -0.253. The van der Waals surface area contributed by atoms with E-state index in [4.69, 9.17) is 26.8 Å². The molecule has 60 heavy (non-hydrogen) atoms. The number of rotatable bonds is 16. The van der Waals surface area contributed by atoms with Gasteiger partial charge in [-0.3, -0.25) is 9.59 Å². The summed E-state index contributed by atoms with van der Waals surface area (Å²) >= 11 is 6.11. The van der Waals surface area contributed by atoms with Crippen LogP contribution in [0.5, 0.6) is 0 Å². The number of ether oxygens (including phenoxy) is 2. The maximum atomic E-state index is 12.8. The fraction of sp³-hybridized carbons (Fsp3) is 0.347. The van der Waals surface area contributed by atoms with Crippen LogP contribution in [0.25, 0.3) is 11.1 Å². The summed E-state index contributed by atoms with van der Waals surface area (Å²) in [6.07, 6.45) is 3.92. The molecule has 7 rings (SSSR count). The Hall–Kier alpha value is -5.07. The van der Waals surface area contributed by atoms with Crippen molar-refractivity contribution in [2.45, 2.75) is 88.6 Å². The van der Waals surface area contributed by atoms with Gasteiger partial charge in [-0.05, 0) is 83.3 Å². The number of nitrogens with two attached hydrogens (primary N) is 1. The van der Waals surface area contributed by atoms with Crippen molar-refractivity contribution in [3.05, 3.63) is 154 Å². The minimum absolute atomic E-state index is 0.0189.